The number of hydrogen-bond acceptors (Lipinski definition) is 5. The largest absolute Gasteiger partial charge is 0.490 e. The first-order chi connectivity index (χ1) is 17.0. The van der Waals surface area contributed by atoms with Crippen LogP contribution in [0.4, 0.5) is 5.69 Å². The Morgan fingerprint density at radius 3 is 2.40 bits per heavy atom. The lowest BCUT2D eigenvalue weighted by molar-refractivity contribution is 0.0256. The maximum absolute atomic E-state index is 12.4. The van der Waals surface area contributed by atoms with Gasteiger partial charge >= 0.3 is 0 Å². The normalized spacial score (nSPS) is 20.6. The summed E-state index contributed by atoms with van der Waals surface area (Å²) in [5.41, 5.74) is 4.20. The van der Waals surface area contributed by atoms with Gasteiger partial charge in [0.15, 0.2) is 0 Å². The van der Waals surface area contributed by atoms with Gasteiger partial charge in [-0.25, -0.2) is 8.42 Å². The minimum atomic E-state index is -3.23. The Morgan fingerprint density at radius 2 is 1.77 bits per heavy atom. The summed E-state index contributed by atoms with van der Waals surface area (Å²) in [6.45, 7) is 1.97. The van der Waals surface area contributed by atoms with E-state index in [2.05, 4.69) is 16.7 Å². The molecule has 3 aromatic rings. The molecule has 1 aliphatic carbocycles. The number of nitrogens with zero attached hydrogens (tertiary/aromatic N) is 3. The van der Waals surface area contributed by atoms with Crippen LogP contribution in [-0.4, -0.2) is 44.6 Å². The fraction of sp³-hybridized carbons (Fsp3) is 0.444. The van der Waals surface area contributed by atoms with Crippen LogP contribution in [0, 0.1) is 11.3 Å². The third-order valence-corrected chi connectivity index (χ3v) is 9.40. The fourth-order valence-electron chi connectivity index (χ4n) is 5.49. The number of anilines is 1. The third kappa shape index (κ3) is 3.97. The minimum absolute atomic E-state index is 0.151. The molecule has 0 bridgehead atoms. The zero-order valence-corrected chi connectivity index (χ0v) is 20.5. The molecule has 8 heteroatoms. The molecule has 2 aromatic carbocycles. The Hall–Kier alpha value is -3.02. The van der Waals surface area contributed by atoms with E-state index >= 15 is 0 Å². The Labute approximate surface area is 205 Å². The highest BCUT2D eigenvalue weighted by Gasteiger charge is 2.30. The van der Waals surface area contributed by atoms with Crippen molar-refractivity contribution in [2.75, 3.05) is 29.8 Å². The van der Waals surface area contributed by atoms with Gasteiger partial charge in [-0.05, 0) is 55.5 Å². The highest BCUT2D eigenvalue weighted by molar-refractivity contribution is 7.93. The van der Waals surface area contributed by atoms with Gasteiger partial charge in [0.25, 0.3) is 0 Å². The van der Waals surface area contributed by atoms with Crippen molar-refractivity contribution in [2.45, 2.75) is 50.7 Å². The summed E-state index contributed by atoms with van der Waals surface area (Å²) in [6.07, 6.45) is 5.91. The Kier molecular flexibility index (Phi) is 5.70. The summed E-state index contributed by atoms with van der Waals surface area (Å²) in [4.78, 5) is 0. The van der Waals surface area contributed by atoms with Gasteiger partial charge in [0.2, 0.25) is 10.0 Å². The lowest BCUT2D eigenvalue weighted by Crippen LogP contribution is -2.25. The number of nitriles is 1. The maximum Gasteiger partial charge on any atom is 0.235 e. The van der Waals surface area contributed by atoms with Gasteiger partial charge in [0.05, 0.1) is 41.4 Å². The topological polar surface area (TPSA) is 84.6 Å². The number of ether oxygens (including phenoxy) is 2. The van der Waals surface area contributed by atoms with E-state index in [0.717, 1.165) is 66.8 Å². The third-order valence-electron chi connectivity index (χ3n) is 7.53. The van der Waals surface area contributed by atoms with E-state index in [-0.39, 0.29) is 11.9 Å². The molecule has 35 heavy (non-hydrogen) atoms. The van der Waals surface area contributed by atoms with E-state index in [1.165, 1.54) is 10.7 Å². The molecule has 3 fully saturated rings. The lowest BCUT2D eigenvalue weighted by Gasteiger charge is -2.30. The number of aromatic nitrogens is 1. The van der Waals surface area contributed by atoms with Gasteiger partial charge in [-0.1, -0.05) is 12.1 Å². The van der Waals surface area contributed by atoms with Crippen LogP contribution in [0.2, 0.25) is 0 Å². The minimum Gasteiger partial charge on any atom is -0.490 e. The summed E-state index contributed by atoms with van der Waals surface area (Å²) in [5, 5.41) is 11.1. The van der Waals surface area contributed by atoms with Crippen molar-refractivity contribution in [3.8, 4) is 23.1 Å². The van der Waals surface area contributed by atoms with Gasteiger partial charge in [-0.15, -0.1) is 0 Å². The molecular formula is C27H29N3O4S. The van der Waals surface area contributed by atoms with Crippen LogP contribution in [0.15, 0.2) is 42.5 Å². The van der Waals surface area contributed by atoms with Crippen molar-refractivity contribution < 1.29 is 17.9 Å². The molecule has 182 valence electrons. The second-order valence-corrected chi connectivity index (χ2v) is 11.7. The first kappa shape index (κ1) is 22.4. The molecule has 0 unspecified atom stereocenters. The standard InChI is InChI=1S/C27H29N3O4S/c28-18-25-24-10-9-23(34-22-11-14-33-15-12-22)17-26(24)30(21-3-1-4-21)27(25)19-5-7-20(8-6-19)29-13-2-16-35(29,31)32/h5-10,17,21-22H,1-4,11-16H2. The van der Waals surface area contributed by atoms with Gasteiger partial charge in [-0.3, -0.25) is 4.31 Å². The van der Waals surface area contributed by atoms with E-state index in [1.807, 2.05) is 36.4 Å². The Balaban J connectivity index is 1.43. The lowest BCUT2D eigenvalue weighted by atomic mass is 9.92. The molecule has 0 spiro atoms. The molecule has 2 saturated heterocycles. The average Bonchev–Trinajstić information content (AvgIpc) is 3.35. The monoisotopic (exact) mass is 491 g/mol. The number of benzene rings is 2. The average molecular weight is 492 g/mol. The smallest absolute Gasteiger partial charge is 0.235 e. The predicted molar refractivity (Wildman–Crippen MR) is 135 cm³/mol. The Morgan fingerprint density at radius 1 is 1.00 bits per heavy atom. The zero-order valence-electron chi connectivity index (χ0n) is 19.7. The van der Waals surface area contributed by atoms with E-state index in [1.54, 1.807) is 0 Å². The first-order valence-electron chi connectivity index (χ1n) is 12.5. The van der Waals surface area contributed by atoms with Gasteiger partial charge < -0.3 is 14.0 Å². The molecule has 3 heterocycles. The summed E-state index contributed by atoms with van der Waals surface area (Å²) >= 11 is 0. The highest BCUT2D eigenvalue weighted by atomic mass is 32.2. The molecule has 1 saturated carbocycles. The van der Waals surface area contributed by atoms with Crippen molar-refractivity contribution in [3.63, 3.8) is 0 Å². The summed E-state index contributed by atoms with van der Waals surface area (Å²) in [6, 6.07) is 16.5. The number of rotatable bonds is 5. The van der Waals surface area contributed by atoms with Crippen LogP contribution in [0.25, 0.3) is 22.2 Å². The number of fused-ring (bicyclic) bond motifs is 1. The van der Waals surface area contributed by atoms with Crippen LogP contribution >= 0.6 is 0 Å². The van der Waals surface area contributed by atoms with Crippen molar-refractivity contribution in [3.05, 3.63) is 48.0 Å². The van der Waals surface area contributed by atoms with Crippen molar-refractivity contribution >= 4 is 26.6 Å². The molecule has 0 amide bonds. The van der Waals surface area contributed by atoms with Crippen LogP contribution in [0.5, 0.6) is 5.75 Å². The summed E-state index contributed by atoms with van der Waals surface area (Å²) in [5.74, 6) is 1.02. The number of hydrogen-bond donors (Lipinski definition) is 0. The van der Waals surface area contributed by atoms with Crippen LogP contribution < -0.4 is 9.04 Å². The van der Waals surface area contributed by atoms with E-state index in [4.69, 9.17) is 9.47 Å². The second-order valence-electron chi connectivity index (χ2n) is 9.69. The SMILES string of the molecule is N#Cc1c(-c2ccc(N3CCCS3(=O)=O)cc2)n(C2CCC2)c2cc(OC3CCOCC3)ccc12. The molecule has 6 rings (SSSR count). The highest BCUT2D eigenvalue weighted by Crippen LogP contribution is 2.43. The van der Waals surface area contributed by atoms with Crippen LogP contribution in [0.1, 0.15) is 50.1 Å². The summed E-state index contributed by atoms with van der Waals surface area (Å²) in [7, 11) is -3.23. The predicted octanol–water partition coefficient (Wildman–Crippen LogP) is 5.00. The maximum atomic E-state index is 12.4. The zero-order chi connectivity index (χ0) is 24.0. The fourth-order valence-corrected chi connectivity index (χ4v) is 7.05. The second kappa shape index (κ2) is 8.89. The van der Waals surface area contributed by atoms with Crippen molar-refractivity contribution in [1.82, 2.24) is 4.57 Å². The van der Waals surface area contributed by atoms with Crippen molar-refractivity contribution in [2.24, 2.45) is 0 Å². The molecule has 1 aromatic heterocycles. The molecule has 3 aliphatic rings. The molecule has 0 N–H and O–H groups in total. The Bertz CT molecular complexity index is 1390. The van der Waals surface area contributed by atoms with E-state index in [0.29, 0.717) is 30.3 Å². The molecular weight excluding hydrogens is 462 g/mol. The quantitative estimate of drug-likeness (QED) is 0.501. The summed E-state index contributed by atoms with van der Waals surface area (Å²) < 4.78 is 40.3. The molecule has 0 radical (unpaired) electrons. The molecule has 0 atom stereocenters. The number of sulfonamides is 1. The first-order valence-corrected chi connectivity index (χ1v) is 14.1. The molecule has 7 nitrogen and oxygen atoms in total. The molecule has 2 aliphatic heterocycles. The van der Waals surface area contributed by atoms with Gasteiger partial charge in [-0.2, -0.15) is 5.26 Å². The van der Waals surface area contributed by atoms with Gasteiger partial charge in [0, 0.05) is 36.9 Å². The van der Waals surface area contributed by atoms with Crippen LogP contribution in [0.3, 0.4) is 0 Å². The van der Waals surface area contributed by atoms with Gasteiger partial charge in [0.1, 0.15) is 17.9 Å². The van der Waals surface area contributed by atoms with E-state index in [9.17, 15) is 13.7 Å². The van der Waals surface area contributed by atoms with Crippen LogP contribution in [-0.2, 0) is 14.8 Å². The van der Waals surface area contributed by atoms with Crippen molar-refractivity contribution in [1.29, 1.82) is 5.26 Å². The van der Waals surface area contributed by atoms with E-state index < -0.39 is 10.0 Å².